The molecule has 0 spiro atoms. The second-order valence-corrected chi connectivity index (χ2v) is 1.87. The summed E-state index contributed by atoms with van der Waals surface area (Å²) in [5.41, 5.74) is 0. The van der Waals surface area contributed by atoms with Crippen LogP contribution >= 0.6 is 0 Å². The summed E-state index contributed by atoms with van der Waals surface area (Å²) >= 11 is 0. The molecule has 1 N–H and O–H groups in total. The Labute approximate surface area is 67.2 Å². The average molecular weight is 151 g/mol. The van der Waals surface area contributed by atoms with E-state index in [4.69, 9.17) is 14.7 Å². The van der Waals surface area contributed by atoms with Crippen molar-refractivity contribution in [2.24, 2.45) is 0 Å². The van der Waals surface area contributed by atoms with Gasteiger partial charge in [0, 0.05) is 0 Å². The van der Waals surface area contributed by atoms with E-state index in [1.165, 1.54) is 0 Å². The van der Waals surface area contributed by atoms with Gasteiger partial charge in [-0.2, -0.15) is 0 Å². The van der Waals surface area contributed by atoms with Crippen LogP contribution < -0.4 is 0 Å². The quantitative estimate of drug-likeness (QED) is 0.211. The van der Waals surface area contributed by atoms with Gasteiger partial charge in [-0.15, -0.1) is 8.42 Å². The molecule has 0 amide bonds. The Bertz CT molecular complexity index is 167. The van der Waals surface area contributed by atoms with Crippen LogP contribution in [0.25, 0.3) is 0 Å². The molecule has 0 saturated carbocycles. The van der Waals surface area contributed by atoms with E-state index in [0.717, 1.165) is 0 Å². The first-order valence-corrected chi connectivity index (χ1v) is 2.46. The van der Waals surface area contributed by atoms with E-state index < -0.39 is 14.6 Å². The summed E-state index contributed by atoms with van der Waals surface area (Å²) in [5.74, 6) is 0. The van der Waals surface area contributed by atoms with Crippen LogP contribution in [0.1, 0.15) is 0 Å². The predicted molar refractivity (Wildman–Crippen MR) is 25.7 cm³/mol. The Morgan fingerprint density at radius 2 is 1.62 bits per heavy atom. The molecule has 0 bridgehead atoms. The number of nitrogens with zero attached hydrogens (tertiary/aromatic N) is 1. The molecule has 44 valence electrons. The third-order valence-corrected chi connectivity index (χ3v) is 0.565. The fourth-order valence-corrected chi connectivity index (χ4v) is 0. The summed E-state index contributed by atoms with van der Waals surface area (Å²) in [6.07, 6.45) is 0. The summed E-state index contributed by atoms with van der Waals surface area (Å²) in [5, 5.41) is 8.99. The van der Waals surface area contributed by atoms with Crippen molar-refractivity contribution >= 4 is 39.9 Å². The van der Waals surface area contributed by atoms with Crippen molar-refractivity contribution < 1.29 is 17.3 Å². The van der Waals surface area contributed by atoms with Gasteiger partial charge in [0.15, 0.2) is 4.33 Å². The van der Waals surface area contributed by atoms with Crippen molar-refractivity contribution in [2.75, 3.05) is 0 Å². The zero-order chi connectivity index (χ0) is 6.08. The van der Waals surface area contributed by atoms with Crippen LogP contribution in [0.4, 0.5) is 0 Å². The second-order valence-electron chi connectivity index (χ2n) is 0.671. The fraction of sp³-hybridized carbons (Fsp3) is 0. The zero-order valence-corrected chi connectivity index (χ0v) is 3.75. The molecule has 0 aliphatic heterocycles. The van der Waals surface area contributed by atoms with Crippen molar-refractivity contribution in [1.82, 2.24) is 0 Å². The molecule has 0 radical (unpaired) electrons. The SMILES string of the molecule is O=[N+]([O-])S(=O)(=O)O.[NaH]. The number of hydrogen-bond acceptors (Lipinski definition) is 4. The Morgan fingerprint density at radius 1 is 1.50 bits per heavy atom. The summed E-state index contributed by atoms with van der Waals surface area (Å²) in [6, 6.07) is 0. The van der Waals surface area contributed by atoms with Crippen LogP contribution in [0.5, 0.6) is 0 Å². The minimum absolute atomic E-state index is 0. The molecule has 0 fully saturated rings. The number of rotatable bonds is 1. The summed E-state index contributed by atoms with van der Waals surface area (Å²) in [7, 11) is -5.02. The van der Waals surface area contributed by atoms with Crippen LogP contribution in [0.2, 0.25) is 0 Å². The van der Waals surface area contributed by atoms with Crippen molar-refractivity contribution in [3.63, 3.8) is 0 Å². The molecule has 0 aromatic rings. The van der Waals surface area contributed by atoms with E-state index >= 15 is 0 Å². The first-order chi connectivity index (χ1) is 2.94. The minimum atomic E-state index is -5.02. The second kappa shape index (κ2) is 3.36. The van der Waals surface area contributed by atoms with Crippen LogP contribution in [0.15, 0.2) is 0 Å². The Morgan fingerprint density at radius 3 is 1.62 bits per heavy atom. The van der Waals surface area contributed by atoms with Crippen LogP contribution in [0.3, 0.4) is 0 Å². The van der Waals surface area contributed by atoms with Crippen molar-refractivity contribution in [3.8, 4) is 0 Å². The first-order valence-electron chi connectivity index (χ1n) is 1.06. The van der Waals surface area contributed by atoms with E-state index in [-0.39, 0.29) is 29.6 Å². The number of hydrogen-bond donors (Lipinski definition) is 1. The third-order valence-electron chi connectivity index (χ3n) is 0.188. The topological polar surface area (TPSA) is 97.5 Å². The van der Waals surface area contributed by atoms with Gasteiger partial charge in [-0.25, -0.2) is 14.7 Å². The number of nitro groups is 1. The molecule has 0 unspecified atom stereocenters. The van der Waals surface area contributed by atoms with Gasteiger partial charge >= 0.3 is 39.9 Å². The molecule has 8 heteroatoms. The summed E-state index contributed by atoms with van der Waals surface area (Å²) < 4.78 is 24.0. The Balaban J connectivity index is 0. The van der Waals surface area contributed by atoms with E-state index in [1.807, 2.05) is 0 Å². The van der Waals surface area contributed by atoms with Crippen LogP contribution in [0, 0.1) is 10.1 Å². The molecular weight excluding hydrogens is 149 g/mol. The van der Waals surface area contributed by atoms with E-state index in [9.17, 15) is 8.42 Å². The zero-order valence-electron chi connectivity index (χ0n) is 2.94. The summed E-state index contributed by atoms with van der Waals surface area (Å²) in [6.45, 7) is 0. The van der Waals surface area contributed by atoms with Gasteiger partial charge < -0.3 is 0 Å². The maximum atomic E-state index is 9.19. The van der Waals surface area contributed by atoms with Crippen LogP contribution in [-0.4, -0.2) is 46.9 Å². The third kappa shape index (κ3) is 4.47. The monoisotopic (exact) mass is 151 g/mol. The molecule has 0 atom stereocenters. The van der Waals surface area contributed by atoms with E-state index in [1.54, 1.807) is 0 Å². The van der Waals surface area contributed by atoms with Gasteiger partial charge in [0.25, 0.3) is 0 Å². The standard InChI is InChI=1S/HNO5S.Na.H/c2-1(3)7(4,5)6;;/h(H,4,5,6);;. The van der Waals surface area contributed by atoms with E-state index in [2.05, 4.69) is 0 Å². The van der Waals surface area contributed by atoms with Gasteiger partial charge in [-0.1, -0.05) is 0 Å². The Hall–Kier alpha value is 0.310. The molecule has 0 aliphatic carbocycles. The van der Waals surface area contributed by atoms with Crippen molar-refractivity contribution in [3.05, 3.63) is 10.1 Å². The molecule has 0 rings (SSSR count). The molecule has 0 saturated heterocycles. The first kappa shape index (κ1) is 11.2. The van der Waals surface area contributed by atoms with Gasteiger partial charge in [-0.3, -0.25) is 0 Å². The van der Waals surface area contributed by atoms with Gasteiger partial charge in [0.05, 0.1) is 0 Å². The molecular formula is H2NNaO5S. The van der Waals surface area contributed by atoms with E-state index in [0.29, 0.717) is 0 Å². The molecule has 0 aromatic heterocycles. The average Bonchev–Trinajstić information content (AvgIpc) is 1.31. The summed E-state index contributed by atoms with van der Waals surface area (Å²) in [4.78, 5) is 8.99. The normalized spacial score (nSPS) is 9.62. The van der Waals surface area contributed by atoms with Crippen LogP contribution in [-0.2, 0) is 10.3 Å². The molecule has 0 heterocycles. The molecule has 8 heavy (non-hydrogen) atoms. The van der Waals surface area contributed by atoms with Gasteiger partial charge in [0.2, 0.25) is 0 Å². The predicted octanol–water partition coefficient (Wildman–Crippen LogP) is -1.58. The maximum absolute atomic E-state index is 9.19. The molecule has 0 aromatic carbocycles. The van der Waals surface area contributed by atoms with Gasteiger partial charge in [0.1, 0.15) is 0 Å². The Kier molecular flexibility index (Phi) is 4.68. The van der Waals surface area contributed by atoms with Crippen molar-refractivity contribution in [1.29, 1.82) is 0 Å². The van der Waals surface area contributed by atoms with Gasteiger partial charge in [-0.05, 0) is 0 Å². The fourth-order valence-electron chi connectivity index (χ4n) is 0. The molecule has 6 nitrogen and oxygen atoms in total. The molecule has 0 aliphatic rings. The van der Waals surface area contributed by atoms with Crippen molar-refractivity contribution in [2.45, 2.75) is 0 Å².